The summed E-state index contributed by atoms with van der Waals surface area (Å²) in [6.45, 7) is 3.95. The largest absolute Gasteiger partial charge is 0.693 e. The van der Waals surface area contributed by atoms with Crippen molar-refractivity contribution < 1.29 is 20.1 Å². The maximum Gasteiger partial charge on any atom is 0.00365 e. The summed E-state index contributed by atoms with van der Waals surface area (Å²) in [4.78, 5) is 0. The topological polar surface area (TPSA) is 86.6 Å². The van der Waals surface area contributed by atoms with E-state index in [1.54, 1.807) is 0 Å². The molecule has 0 saturated carbocycles. The smallest absolute Gasteiger partial charge is 0.00365 e. The standard InChI is InChI=1S/C4H12N3.Ir.H2N/c1-2-7(6)4-3-5;;/h6H,2-5H2,1H3;;1H2/q-1;;-1. The van der Waals surface area contributed by atoms with E-state index in [2.05, 4.69) is 0 Å². The molecule has 1 radical (unpaired) electrons. The molecule has 0 fully saturated rings. The van der Waals surface area contributed by atoms with Crippen LogP contribution in [0.4, 0.5) is 0 Å². The Morgan fingerprint density at radius 1 is 1.56 bits per heavy atom. The van der Waals surface area contributed by atoms with Gasteiger partial charge in [-0.25, -0.2) is 0 Å². The van der Waals surface area contributed by atoms with Crippen LogP contribution in [0.1, 0.15) is 6.92 Å². The molecule has 0 amide bonds. The van der Waals surface area contributed by atoms with Gasteiger partial charge in [-0.1, -0.05) is 6.92 Å². The fourth-order valence-corrected chi connectivity index (χ4v) is 0.314. The van der Waals surface area contributed by atoms with Crippen molar-refractivity contribution in [3.8, 4) is 0 Å². The van der Waals surface area contributed by atoms with Gasteiger partial charge in [0.25, 0.3) is 0 Å². The summed E-state index contributed by atoms with van der Waals surface area (Å²) in [7, 11) is 0. The van der Waals surface area contributed by atoms with Gasteiger partial charge in [0.15, 0.2) is 0 Å². The van der Waals surface area contributed by atoms with Gasteiger partial charge in [-0.05, 0) is 13.1 Å². The predicted octanol–water partition coefficient (Wildman–Crippen LogP) is 0.949. The van der Waals surface area contributed by atoms with Crippen LogP contribution in [0.5, 0.6) is 0 Å². The Kier molecular flexibility index (Phi) is 20.4. The minimum Gasteiger partial charge on any atom is -0.693 e. The summed E-state index contributed by atoms with van der Waals surface area (Å²) in [5, 5.41) is 1.43. The van der Waals surface area contributed by atoms with E-state index >= 15 is 0 Å². The van der Waals surface area contributed by atoms with E-state index in [0.29, 0.717) is 13.1 Å². The summed E-state index contributed by atoms with van der Waals surface area (Å²) in [6.07, 6.45) is 0. The first-order chi connectivity index (χ1) is 3.31. The average Bonchev–Trinajstić information content (AvgIpc) is 1.68. The Morgan fingerprint density at radius 2 is 2.00 bits per heavy atom. The molecular formula is C4H14IrN4-2. The molecule has 0 aromatic heterocycles. The van der Waals surface area contributed by atoms with Crippen molar-refractivity contribution in [2.75, 3.05) is 19.6 Å². The molecule has 9 heavy (non-hydrogen) atoms. The van der Waals surface area contributed by atoms with Gasteiger partial charge in [-0.15, -0.1) is 0 Å². The van der Waals surface area contributed by atoms with Gasteiger partial charge in [0.1, 0.15) is 0 Å². The van der Waals surface area contributed by atoms with Crippen molar-refractivity contribution in [2.24, 2.45) is 5.73 Å². The Balaban J connectivity index is -0.000000180. The molecule has 61 valence electrons. The maximum atomic E-state index is 6.97. The van der Waals surface area contributed by atoms with Crippen LogP contribution < -0.4 is 5.73 Å². The van der Waals surface area contributed by atoms with Crippen molar-refractivity contribution >= 4 is 0 Å². The molecule has 0 aliphatic carbocycles. The normalized spacial score (nSPS) is 8.00. The van der Waals surface area contributed by atoms with E-state index in [1.807, 2.05) is 6.92 Å². The fourth-order valence-electron chi connectivity index (χ4n) is 0.314. The molecule has 0 aliphatic heterocycles. The van der Waals surface area contributed by atoms with Crippen molar-refractivity contribution in [1.82, 2.24) is 5.01 Å². The molecule has 0 saturated heterocycles. The number of nitrogens with two attached hydrogens (primary N) is 2. The number of hydrogen-bond acceptors (Lipinski definition) is 2. The molecule has 0 spiro atoms. The summed E-state index contributed by atoms with van der Waals surface area (Å²) >= 11 is 0. The Hall–Kier alpha value is 0.489. The molecular weight excluding hydrogens is 296 g/mol. The minimum atomic E-state index is 0. The molecule has 4 nitrogen and oxygen atoms in total. The van der Waals surface area contributed by atoms with E-state index in [4.69, 9.17) is 11.6 Å². The van der Waals surface area contributed by atoms with Crippen LogP contribution in [0.15, 0.2) is 0 Å². The first-order valence-corrected chi connectivity index (χ1v) is 2.47. The predicted molar refractivity (Wildman–Crippen MR) is 35.9 cm³/mol. The maximum absolute atomic E-state index is 6.97. The van der Waals surface area contributed by atoms with Crippen molar-refractivity contribution in [3.63, 3.8) is 0 Å². The van der Waals surface area contributed by atoms with E-state index < -0.39 is 0 Å². The molecule has 5 heteroatoms. The second kappa shape index (κ2) is 11.3. The zero-order valence-corrected chi connectivity index (χ0v) is 7.95. The van der Waals surface area contributed by atoms with Gasteiger partial charge >= 0.3 is 0 Å². The van der Waals surface area contributed by atoms with Crippen LogP contribution in [0.2, 0.25) is 0 Å². The number of rotatable bonds is 3. The molecule has 0 unspecified atom stereocenters. The fraction of sp³-hybridized carbons (Fsp3) is 1.00. The molecule has 0 aromatic rings. The molecule has 0 heterocycles. The van der Waals surface area contributed by atoms with Crippen LogP contribution >= 0.6 is 0 Å². The van der Waals surface area contributed by atoms with E-state index in [9.17, 15) is 0 Å². The van der Waals surface area contributed by atoms with Crippen LogP contribution in [0, 0.1) is 0 Å². The van der Waals surface area contributed by atoms with Crippen molar-refractivity contribution in [2.45, 2.75) is 6.92 Å². The zero-order chi connectivity index (χ0) is 5.70. The molecule has 0 aliphatic rings. The van der Waals surface area contributed by atoms with Crippen LogP contribution in [0.25, 0.3) is 12.0 Å². The van der Waals surface area contributed by atoms with Gasteiger partial charge < -0.3 is 22.7 Å². The van der Waals surface area contributed by atoms with Crippen LogP contribution in [-0.4, -0.2) is 24.6 Å². The second-order valence-corrected chi connectivity index (χ2v) is 1.37. The summed E-state index contributed by atoms with van der Waals surface area (Å²) in [6, 6.07) is 0. The monoisotopic (exact) mass is 311 g/mol. The van der Waals surface area contributed by atoms with Gasteiger partial charge in [0.05, 0.1) is 0 Å². The first-order valence-electron chi connectivity index (χ1n) is 2.47. The summed E-state index contributed by atoms with van der Waals surface area (Å²) in [5.41, 5.74) is 5.14. The Labute approximate surface area is 69.9 Å². The van der Waals surface area contributed by atoms with E-state index in [-0.39, 0.29) is 26.3 Å². The van der Waals surface area contributed by atoms with E-state index in [1.165, 1.54) is 5.01 Å². The van der Waals surface area contributed by atoms with Crippen LogP contribution in [0.3, 0.4) is 0 Å². The molecule has 0 atom stereocenters. The average molecular weight is 310 g/mol. The third kappa shape index (κ3) is 11.9. The number of likely N-dealkylation sites (N-methyl/N-ethyl adjacent to an activating group) is 1. The second-order valence-electron chi connectivity index (χ2n) is 1.37. The molecule has 5 N–H and O–H groups in total. The quantitative estimate of drug-likeness (QED) is 0.787. The SMILES string of the molecule is CCN([NH-])CCN.[Ir].[NH2-]. The summed E-state index contributed by atoms with van der Waals surface area (Å²) in [5.74, 6) is 6.97. The third-order valence-corrected chi connectivity index (χ3v) is 0.781. The van der Waals surface area contributed by atoms with Gasteiger partial charge in [-0.3, -0.25) is 0 Å². The van der Waals surface area contributed by atoms with E-state index in [0.717, 1.165) is 6.54 Å². The number of hydrogen-bond donors (Lipinski definition) is 1. The van der Waals surface area contributed by atoms with Crippen molar-refractivity contribution in [1.29, 1.82) is 0 Å². The van der Waals surface area contributed by atoms with Crippen molar-refractivity contribution in [3.05, 3.63) is 12.0 Å². The Morgan fingerprint density at radius 3 is 2.11 bits per heavy atom. The molecule has 0 rings (SSSR count). The number of nitrogens with zero attached hydrogens (tertiary/aromatic N) is 1. The van der Waals surface area contributed by atoms with Gasteiger partial charge in [0, 0.05) is 26.7 Å². The molecule has 0 bridgehead atoms. The third-order valence-electron chi connectivity index (χ3n) is 0.781. The van der Waals surface area contributed by atoms with Gasteiger partial charge in [0.2, 0.25) is 0 Å². The van der Waals surface area contributed by atoms with Crippen LogP contribution in [-0.2, 0) is 20.1 Å². The molecule has 0 aromatic carbocycles. The minimum absolute atomic E-state index is 0. The van der Waals surface area contributed by atoms with Gasteiger partial charge in [-0.2, -0.15) is 0 Å². The zero-order valence-electron chi connectivity index (χ0n) is 5.56. The Bertz CT molecular complexity index is 43.5. The first kappa shape index (κ1) is 16.2. The number of nitrogens with one attached hydrogen (secondary N) is 1. The summed E-state index contributed by atoms with van der Waals surface area (Å²) < 4.78 is 0.